The van der Waals surface area contributed by atoms with Crippen molar-refractivity contribution in [1.82, 2.24) is 5.32 Å². The maximum atomic E-state index is 13.2. The van der Waals surface area contributed by atoms with Crippen LogP contribution in [0.4, 0.5) is 4.39 Å². The average molecular weight is 241 g/mol. The van der Waals surface area contributed by atoms with E-state index < -0.39 is 0 Å². The van der Waals surface area contributed by atoms with Gasteiger partial charge in [0.05, 0.1) is 0 Å². The summed E-state index contributed by atoms with van der Waals surface area (Å²) >= 11 is 0. The fraction of sp³-hybridized carbons (Fsp3) is 0.250. The van der Waals surface area contributed by atoms with Crippen LogP contribution in [0.2, 0.25) is 0 Å². The number of halogens is 1. The molecule has 92 valence electrons. The summed E-state index contributed by atoms with van der Waals surface area (Å²) in [5.41, 5.74) is 6.18. The van der Waals surface area contributed by atoms with Crippen LogP contribution in [0, 0.1) is 12.7 Å². The van der Waals surface area contributed by atoms with Gasteiger partial charge in [0, 0.05) is 6.54 Å². The van der Waals surface area contributed by atoms with Crippen LogP contribution in [-0.4, -0.2) is 6.54 Å². The van der Waals surface area contributed by atoms with Gasteiger partial charge in [-0.1, -0.05) is 24.3 Å². The van der Waals surface area contributed by atoms with E-state index in [0.29, 0.717) is 0 Å². The van der Waals surface area contributed by atoms with Gasteiger partial charge in [-0.25, -0.2) is 4.39 Å². The predicted molar refractivity (Wildman–Crippen MR) is 72.0 cm³/mol. The number of hydrogen-bond donors (Lipinski definition) is 1. The van der Waals surface area contributed by atoms with Crippen LogP contribution in [0.5, 0.6) is 0 Å². The summed E-state index contributed by atoms with van der Waals surface area (Å²) in [5.74, 6) is -0.164. The molecule has 18 heavy (non-hydrogen) atoms. The molecule has 1 aliphatic heterocycles. The van der Waals surface area contributed by atoms with Gasteiger partial charge in [0.15, 0.2) is 0 Å². The van der Waals surface area contributed by atoms with Crippen molar-refractivity contribution in [2.24, 2.45) is 0 Å². The van der Waals surface area contributed by atoms with Crippen molar-refractivity contribution in [3.63, 3.8) is 0 Å². The van der Waals surface area contributed by atoms with E-state index in [4.69, 9.17) is 0 Å². The van der Waals surface area contributed by atoms with Crippen molar-refractivity contribution in [2.45, 2.75) is 19.9 Å². The van der Waals surface area contributed by atoms with Gasteiger partial charge >= 0.3 is 0 Å². The van der Waals surface area contributed by atoms with Crippen molar-refractivity contribution in [2.75, 3.05) is 6.54 Å². The molecule has 0 saturated heterocycles. The molecular formula is C16H16FN. The summed E-state index contributed by atoms with van der Waals surface area (Å²) in [6, 6.07) is 11.4. The van der Waals surface area contributed by atoms with Crippen molar-refractivity contribution in [3.05, 3.63) is 58.9 Å². The zero-order valence-corrected chi connectivity index (χ0v) is 10.5. The molecule has 2 aromatic rings. The molecule has 1 nitrogen and oxygen atoms in total. The molecular weight excluding hydrogens is 225 g/mol. The summed E-state index contributed by atoms with van der Waals surface area (Å²) in [7, 11) is 0. The van der Waals surface area contributed by atoms with Gasteiger partial charge in [-0.15, -0.1) is 0 Å². The molecule has 0 saturated carbocycles. The Hall–Kier alpha value is -1.67. The first kappa shape index (κ1) is 11.4. The van der Waals surface area contributed by atoms with E-state index in [9.17, 15) is 4.39 Å². The van der Waals surface area contributed by atoms with Crippen molar-refractivity contribution >= 4 is 0 Å². The molecule has 2 heteroatoms. The lowest BCUT2D eigenvalue weighted by Gasteiger charge is -2.21. The van der Waals surface area contributed by atoms with Crippen LogP contribution in [-0.2, 0) is 13.0 Å². The number of benzene rings is 2. The minimum atomic E-state index is -0.164. The van der Waals surface area contributed by atoms with Crippen LogP contribution in [0.25, 0.3) is 11.1 Å². The zero-order chi connectivity index (χ0) is 12.5. The van der Waals surface area contributed by atoms with Gasteiger partial charge in [-0.05, 0) is 59.8 Å². The third kappa shape index (κ3) is 1.93. The quantitative estimate of drug-likeness (QED) is 0.806. The minimum absolute atomic E-state index is 0.164. The van der Waals surface area contributed by atoms with Crippen LogP contribution < -0.4 is 5.32 Å². The van der Waals surface area contributed by atoms with Gasteiger partial charge in [0.1, 0.15) is 5.82 Å². The highest BCUT2D eigenvalue weighted by molar-refractivity contribution is 5.72. The Morgan fingerprint density at radius 3 is 2.83 bits per heavy atom. The fourth-order valence-electron chi connectivity index (χ4n) is 2.71. The van der Waals surface area contributed by atoms with Gasteiger partial charge in [0.25, 0.3) is 0 Å². The predicted octanol–water partition coefficient (Wildman–Crippen LogP) is 3.45. The molecule has 1 heterocycles. The van der Waals surface area contributed by atoms with Crippen LogP contribution in [0.15, 0.2) is 36.4 Å². The second-order valence-electron chi connectivity index (χ2n) is 4.83. The Balaban J connectivity index is 2.17. The maximum absolute atomic E-state index is 13.2. The fourth-order valence-corrected chi connectivity index (χ4v) is 2.71. The second kappa shape index (κ2) is 4.54. The lowest BCUT2D eigenvalue weighted by molar-refractivity contribution is 0.626. The summed E-state index contributed by atoms with van der Waals surface area (Å²) < 4.78 is 13.2. The van der Waals surface area contributed by atoms with Crippen molar-refractivity contribution in [1.29, 1.82) is 0 Å². The van der Waals surface area contributed by atoms with E-state index in [1.807, 2.05) is 13.0 Å². The topological polar surface area (TPSA) is 12.0 Å². The number of nitrogens with one attached hydrogen (secondary N) is 1. The Labute approximate surface area is 107 Å². The van der Waals surface area contributed by atoms with Crippen LogP contribution >= 0.6 is 0 Å². The highest BCUT2D eigenvalue weighted by Gasteiger charge is 2.14. The molecule has 0 unspecified atom stereocenters. The van der Waals surface area contributed by atoms with Gasteiger partial charge in [-0.2, -0.15) is 0 Å². The SMILES string of the molecule is Cc1cc(F)ccc1-c1cccc2c1CCNC2. The van der Waals surface area contributed by atoms with Gasteiger partial charge < -0.3 is 5.32 Å². The standard InChI is InChI=1S/C16H16FN/c1-11-9-13(17)5-6-14(11)16-4-2-3-12-10-18-8-7-15(12)16/h2-6,9,18H,7-8,10H2,1H3. The van der Waals surface area contributed by atoms with E-state index in [1.54, 1.807) is 12.1 Å². The van der Waals surface area contributed by atoms with Gasteiger partial charge in [-0.3, -0.25) is 0 Å². The van der Waals surface area contributed by atoms with Crippen molar-refractivity contribution < 1.29 is 4.39 Å². The second-order valence-corrected chi connectivity index (χ2v) is 4.83. The molecule has 0 spiro atoms. The van der Waals surface area contributed by atoms with E-state index in [-0.39, 0.29) is 5.82 Å². The normalized spacial score (nSPS) is 14.3. The van der Waals surface area contributed by atoms with E-state index in [1.165, 1.54) is 16.7 Å². The lowest BCUT2D eigenvalue weighted by atomic mass is 9.89. The summed E-state index contributed by atoms with van der Waals surface area (Å²) in [4.78, 5) is 0. The van der Waals surface area contributed by atoms with Crippen LogP contribution in [0.1, 0.15) is 16.7 Å². The largest absolute Gasteiger partial charge is 0.312 e. The zero-order valence-electron chi connectivity index (χ0n) is 10.5. The molecule has 1 aliphatic rings. The highest BCUT2D eigenvalue weighted by Crippen LogP contribution is 2.30. The summed E-state index contributed by atoms with van der Waals surface area (Å²) in [6.07, 6.45) is 1.04. The van der Waals surface area contributed by atoms with Crippen LogP contribution in [0.3, 0.4) is 0 Å². The molecule has 3 rings (SSSR count). The Morgan fingerprint density at radius 2 is 2.00 bits per heavy atom. The Morgan fingerprint density at radius 1 is 1.11 bits per heavy atom. The number of fused-ring (bicyclic) bond motifs is 1. The third-order valence-corrected chi connectivity index (χ3v) is 3.62. The monoisotopic (exact) mass is 241 g/mol. The molecule has 0 aliphatic carbocycles. The molecule has 0 aromatic heterocycles. The molecule has 2 aromatic carbocycles. The Kier molecular flexibility index (Phi) is 2.88. The number of rotatable bonds is 1. The van der Waals surface area contributed by atoms with E-state index >= 15 is 0 Å². The maximum Gasteiger partial charge on any atom is 0.123 e. The first-order valence-corrected chi connectivity index (χ1v) is 6.34. The first-order valence-electron chi connectivity index (χ1n) is 6.34. The smallest absolute Gasteiger partial charge is 0.123 e. The van der Waals surface area contributed by atoms with Crippen molar-refractivity contribution in [3.8, 4) is 11.1 Å². The third-order valence-electron chi connectivity index (χ3n) is 3.62. The summed E-state index contributed by atoms with van der Waals surface area (Å²) in [6.45, 7) is 3.92. The minimum Gasteiger partial charge on any atom is -0.312 e. The molecule has 0 amide bonds. The molecule has 0 fully saturated rings. The summed E-state index contributed by atoms with van der Waals surface area (Å²) in [5, 5.41) is 3.38. The molecule has 1 N–H and O–H groups in total. The number of hydrogen-bond acceptors (Lipinski definition) is 1. The van der Waals surface area contributed by atoms with E-state index in [2.05, 4.69) is 23.5 Å². The van der Waals surface area contributed by atoms with Gasteiger partial charge in [0.2, 0.25) is 0 Å². The molecule has 0 atom stereocenters. The Bertz CT molecular complexity index is 590. The highest BCUT2D eigenvalue weighted by atomic mass is 19.1. The lowest BCUT2D eigenvalue weighted by Crippen LogP contribution is -2.24. The molecule has 0 radical (unpaired) electrons. The molecule has 0 bridgehead atoms. The van der Waals surface area contributed by atoms with E-state index in [0.717, 1.165) is 30.6 Å². The number of aryl methyl sites for hydroxylation is 1. The first-order chi connectivity index (χ1) is 8.75. The average Bonchev–Trinajstić information content (AvgIpc) is 2.38.